The van der Waals surface area contributed by atoms with Crippen molar-refractivity contribution in [3.05, 3.63) is 53.3 Å². The molecule has 1 saturated heterocycles. The van der Waals surface area contributed by atoms with E-state index in [1.54, 1.807) is 38.3 Å². The van der Waals surface area contributed by atoms with Crippen LogP contribution in [0.5, 0.6) is 17.2 Å². The number of rotatable bonds is 6. The summed E-state index contributed by atoms with van der Waals surface area (Å²) in [6.45, 7) is 3.22. The zero-order valence-corrected chi connectivity index (χ0v) is 15.9. The lowest BCUT2D eigenvalue weighted by Crippen LogP contribution is -2.53. The van der Waals surface area contributed by atoms with Gasteiger partial charge in [-0.3, -0.25) is 4.90 Å². The molecular formula is C21H24FNO5. The van der Waals surface area contributed by atoms with Crippen LogP contribution < -0.4 is 9.47 Å². The lowest BCUT2D eigenvalue weighted by Gasteiger charge is -2.39. The molecule has 2 aromatic carbocycles. The second-order valence-electron chi connectivity index (χ2n) is 7.11. The lowest BCUT2D eigenvalue weighted by atomic mass is 9.90. The van der Waals surface area contributed by atoms with E-state index in [4.69, 9.17) is 9.47 Å². The first kappa shape index (κ1) is 19.9. The maximum Gasteiger partial charge on any atom is 0.348 e. The quantitative estimate of drug-likeness (QED) is 0.789. The number of aromatic hydroxyl groups is 1. The maximum atomic E-state index is 14.1. The second-order valence-corrected chi connectivity index (χ2v) is 7.11. The fraction of sp³-hybridized carbons (Fsp3) is 0.381. The molecule has 3 rings (SSSR count). The minimum absolute atomic E-state index is 0.0366. The topological polar surface area (TPSA) is 79.2 Å². The minimum atomic E-state index is -1.46. The fourth-order valence-corrected chi connectivity index (χ4v) is 3.46. The van der Waals surface area contributed by atoms with Crippen LogP contribution in [-0.4, -0.2) is 46.9 Å². The Bertz CT molecular complexity index is 862. The summed E-state index contributed by atoms with van der Waals surface area (Å²) in [7, 11) is 1.56. The molecule has 2 aromatic rings. The summed E-state index contributed by atoms with van der Waals surface area (Å²) in [6, 6.07) is 9.29. The molecule has 1 aliphatic rings. The highest BCUT2D eigenvalue weighted by Crippen LogP contribution is 2.33. The van der Waals surface area contributed by atoms with E-state index in [9.17, 15) is 19.4 Å². The normalized spacial score (nSPS) is 16.5. The van der Waals surface area contributed by atoms with E-state index in [0.717, 1.165) is 11.1 Å². The van der Waals surface area contributed by atoms with Crippen molar-refractivity contribution >= 4 is 5.97 Å². The molecule has 1 heterocycles. The van der Waals surface area contributed by atoms with Gasteiger partial charge in [-0.15, -0.1) is 0 Å². The largest absolute Gasteiger partial charge is 0.508 e. The molecule has 0 aliphatic carbocycles. The number of aliphatic carboxylic acids is 1. The number of nitrogens with zero attached hydrogens (tertiary/aromatic N) is 1. The highest BCUT2D eigenvalue weighted by molar-refractivity contribution is 5.78. The van der Waals surface area contributed by atoms with E-state index in [-0.39, 0.29) is 24.3 Å². The molecule has 0 saturated carbocycles. The molecule has 0 spiro atoms. The summed E-state index contributed by atoms with van der Waals surface area (Å²) < 4.78 is 25.1. The number of phenols is 1. The number of aryl methyl sites for hydroxylation is 1. The van der Waals surface area contributed by atoms with Crippen LogP contribution in [0.4, 0.5) is 4.39 Å². The van der Waals surface area contributed by atoms with Gasteiger partial charge in [-0.05, 0) is 42.8 Å². The van der Waals surface area contributed by atoms with Crippen molar-refractivity contribution in [1.82, 2.24) is 4.90 Å². The van der Waals surface area contributed by atoms with Gasteiger partial charge in [-0.2, -0.15) is 0 Å². The van der Waals surface area contributed by atoms with Gasteiger partial charge in [0.15, 0.2) is 11.6 Å². The standard InChI is InChI=1S/C21H24FNO5/c1-14-3-5-17(22)19(11-14)28-21(20(25)26)7-9-23(10-8-21)13-15-12-16(24)4-6-18(15)27-2/h3-6,11-12,24H,7-10,13H2,1-2H3,(H,25,26). The van der Waals surface area contributed by atoms with Crippen molar-refractivity contribution in [2.24, 2.45) is 0 Å². The zero-order valence-electron chi connectivity index (χ0n) is 15.9. The van der Waals surface area contributed by atoms with Crippen LogP contribution in [0.25, 0.3) is 0 Å². The van der Waals surface area contributed by atoms with Crippen molar-refractivity contribution in [1.29, 1.82) is 0 Å². The second kappa shape index (κ2) is 8.06. The van der Waals surface area contributed by atoms with Gasteiger partial charge in [0.25, 0.3) is 0 Å². The first-order valence-corrected chi connectivity index (χ1v) is 9.10. The fourth-order valence-electron chi connectivity index (χ4n) is 3.46. The molecule has 6 nitrogen and oxygen atoms in total. The van der Waals surface area contributed by atoms with E-state index < -0.39 is 17.4 Å². The van der Waals surface area contributed by atoms with Gasteiger partial charge in [0.2, 0.25) is 5.60 Å². The van der Waals surface area contributed by atoms with Crippen LogP contribution in [0.1, 0.15) is 24.0 Å². The molecule has 0 atom stereocenters. The highest BCUT2D eigenvalue weighted by atomic mass is 19.1. The summed E-state index contributed by atoms with van der Waals surface area (Å²) in [6.07, 6.45) is 0.438. The molecule has 1 aliphatic heterocycles. The monoisotopic (exact) mass is 389 g/mol. The predicted octanol–water partition coefficient (Wildman–Crippen LogP) is 3.35. The van der Waals surface area contributed by atoms with Crippen molar-refractivity contribution in [3.63, 3.8) is 0 Å². The highest BCUT2D eigenvalue weighted by Gasteiger charge is 2.44. The first-order chi connectivity index (χ1) is 13.3. The smallest absolute Gasteiger partial charge is 0.348 e. The Morgan fingerprint density at radius 3 is 2.54 bits per heavy atom. The molecule has 0 bridgehead atoms. The third-order valence-corrected chi connectivity index (χ3v) is 5.10. The Morgan fingerprint density at radius 2 is 1.89 bits per heavy atom. The molecule has 28 heavy (non-hydrogen) atoms. The third kappa shape index (κ3) is 4.20. The van der Waals surface area contributed by atoms with Crippen LogP contribution in [0.3, 0.4) is 0 Å². The van der Waals surface area contributed by atoms with Crippen molar-refractivity contribution < 1.29 is 28.9 Å². The number of phenolic OH excluding ortho intramolecular Hbond substituents is 1. The summed E-state index contributed by atoms with van der Waals surface area (Å²) in [5.41, 5.74) is 0.148. The molecule has 2 N–H and O–H groups in total. The number of hydrogen-bond acceptors (Lipinski definition) is 5. The van der Waals surface area contributed by atoms with E-state index in [1.165, 1.54) is 12.1 Å². The molecule has 0 unspecified atom stereocenters. The van der Waals surface area contributed by atoms with Crippen LogP contribution in [-0.2, 0) is 11.3 Å². The van der Waals surface area contributed by atoms with Crippen LogP contribution in [0.2, 0.25) is 0 Å². The van der Waals surface area contributed by atoms with Crippen molar-refractivity contribution in [2.45, 2.75) is 31.9 Å². The number of piperidine rings is 1. The summed E-state index contributed by atoms with van der Waals surface area (Å²) in [4.78, 5) is 14.0. The van der Waals surface area contributed by atoms with Gasteiger partial charge < -0.3 is 19.7 Å². The van der Waals surface area contributed by atoms with Gasteiger partial charge in [-0.1, -0.05) is 6.07 Å². The third-order valence-electron chi connectivity index (χ3n) is 5.10. The molecule has 1 fully saturated rings. The number of methoxy groups -OCH3 is 1. The van der Waals surface area contributed by atoms with Gasteiger partial charge in [0, 0.05) is 38.0 Å². The first-order valence-electron chi connectivity index (χ1n) is 9.10. The number of carboxylic acid groups (broad SMARTS) is 1. The van der Waals surface area contributed by atoms with E-state index >= 15 is 0 Å². The number of hydrogen-bond donors (Lipinski definition) is 2. The zero-order chi connectivity index (χ0) is 20.3. The van der Waals surface area contributed by atoms with E-state index in [2.05, 4.69) is 4.90 Å². The Kier molecular flexibility index (Phi) is 5.74. The summed E-state index contributed by atoms with van der Waals surface area (Å²) in [5, 5.41) is 19.5. The lowest BCUT2D eigenvalue weighted by molar-refractivity contribution is -0.160. The molecule has 0 amide bonds. The summed E-state index contributed by atoms with van der Waals surface area (Å²) >= 11 is 0. The molecule has 0 radical (unpaired) electrons. The van der Waals surface area contributed by atoms with E-state index in [1.807, 2.05) is 0 Å². The average molecular weight is 389 g/mol. The minimum Gasteiger partial charge on any atom is -0.508 e. The Hall–Kier alpha value is -2.80. The number of carbonyl (C=O) groups is 1. The van der Waals surface area contributed by atoms with Gasteiger partial charge in [0.05, 0.1) is 7.11 Å². The summed E-state index contributed by atoms with van der Waals surface area (Å²) in [5.74, 6) is -0.899. The molecule has 7 heteroatoms. The van der Waals surface area contributed by atoms with Gasteiger partial charge >= 0.3 is 5.97 Å². The van der Waals surface area contributed by atoms with Gasteiger partial charge in [-0.25, -0.2) is 9.18 Å². The maximum absolute atomic E-state index is 14.1. The predicted molar refractivity (Wildman–Crippen MR) is 101 cm³/mol. The molecule has 0 aromatic heterocycles. The number of carboxylic acids is 1. The van der Waals surface area contributed by atoms with Crippen molar-refractivity contribution in [2.75, 3.05) is 20.2 Å². The van der Waals surface area contributed by atoms with Crippen LogP contribution in [0, 0.1) is 12.7 Å². The van der Waals surface area contributed by atoms with Crippen LogP contribution in [0.15, 0.2) is 36.4 Å². The number of ether oxygens (including phenoxy) is 2. The Labute approximate surface area is 163 Å². The Balaban J connectivity index is 1.73. The molecule has 150 valence electrons. The van der Waals surface area contributed by atoms with Crippen LogP contribution >= 0.6 is 0 Å². The number of halogens is 1. The average Bonchev–Trinajstić information content (AvgIpc) is 2.66. The number of likely N-dealkylation sites (tertiary alicyclic amines) is 1. The van der Waals surface area contributed by atoms with Gasteiger partial charge in [0.1, 0.15) is 11.5 Å². The Morgan fingerprint density at radius 1 is 1.18 bits per heavy atom. The SMILES string of the molecule is COc1ccc(O)cc1CN1CCC(Oc2cc(C)ccc2F)(C(=O)O)CC1. The number of benzene rings is 2. The molecular weight excluding hydrogens is 365 g/mol. The van der Waals surface area contributed by atoms with E-state index in [0.29, 0.717) is 25.4 Å². The van der Waals surface area contributed by atoms with Crippen molar-refractivity contribution in [3.8, 4) is 17.2 Å².